The van der Waals surface area contributed by atoms with Crippen molar-refractivity contribution in [2.24, 2.45) is 0 Å². The van der Waals surface area contributed by atoms with Gasteiger partial charge in [0, 0.05) is 22.9 Å². The number of benzene rings is 3. The molecule has 4 aromatic rings. The molecule has 0 unspecified atom stereocenters. The van der Waals surface area contributed by atoms with Crippen LogP contribution >= 0.6 is 11.3 Å². The SMILES string of the molecule is CS(=O)(=O)c1ccccc1-c1sc(NC(=O)c2ccc(F)cc2)nc1-c1ccc(F)cc1. The van der Waals surface area contributed by atoms with Crippen LogP contribution in [0.25, 0.3) is 21.7 Å². The van der Waals surface area contributed by atoms with E-state index >= 15 is 0 Å². The van der Waals surface area contributed by atoms with Crippen molar-refractivity contribution in [3.63, 3.8) is 0 Å². The minimum atomic E-state index is -3.55. The molecule has 0 aliphatic carbocycles. The normalized spacial score (nSPS) is 11.3. The van der Waals surface area contributed by atoms with Gasteiger partial charge >= 0.3 is 0 Å². The van der Waals surface area contributed by atoms with E-state index in [9.17, 15) is 22.0 Å². The van der Waals surface area contributed by atoms with Gasteiger partial charge in [0.15, 0.2) is 15.0 Å². The number of carbonyl (C=O) groups is 1. The highest BCUT2D eigenvalue weighted by molar-refractivity contribution is 7.90. The van der Waals surface area contributed by atoms with Gasteiger partial charge in [-0.25, -0.2) is 22.2 Å². The fourth-order valence-corrected chi connectivity index (χ4v) is 5.09. The van der Waals surface area contributed by atoms with Crippen molar-refractivity contribution in [2.75, 3.05) is 11.6 Å². The monoisotopic (exact) mass is 470 g/mol. The van der Waals surface area contributed by atoms with Crippen molar-refractivity contribution >= 4 is 32.2 Å². The number of nitrogens with zero attached hydrogens (tertiary/aromatic N) is 1. The Morgan fingerprint density at radius 3 is 2.12 bits per heavy atom. The van der Waals surface area contributed by atoms with Gasteiger partial charge in [-0.3, -0.25) is 10.1 Å². The molecule has 0 saturated heterocycles. The largest absolute Gasteiger partial charge is 0.298 e. The van der Waals surface area contributed by atoms with Crippen LogP contribution in [0.2, 0.25) is 0 Å². The van der Waals surface area contributed by atoms with Gasteiger partial charge in [0.1, 0.15) is 11.6 Å². The minimum absolute atomic E-state index is 0.114. The first-order valence-electron chi connectivity index (χ1n) is 9.35. The first kappa shape index (κ1) is 21.8. The molecule has 162 valence electrons. The lowest BCUT2D eigenvalue weighted by Gasteiger charge is -2.08. The van der Waals surface area contributed by atoms with E-state index in [0.29, 0.717) is 21.7 Å². The molecule has 1 aromatic heterocycles. The van der Waals surface area contributed by atoms with E-state index < -0.39 is 27.4 Å². The van der Waals surface area contributed by atoms with Crippen LogP contribution in [0, 0.1) is 11.6 Å². The van der Waals surface area contributed by atoms with Gasteiger partial charge in [0.25, 0.3) is 5.91 Å². The summed E-state index contributed by atoms with van der Waals surface area (Å²) in [5.74, 6) is -1.38. The number of aromatic nitrogens is 1. The Morgan fingerprint density at radius 2 is 1.50 bits per heavy atom. The summed E-state index contributed by atoms with van der Waals surface area (Å²) in [6.07, 6.45) is 1.11. The molecule has 4 rings (SSSR count). The second kappa shape index (κ2) is 8.60. The highest BCUT2D eigenvalue weighted by Crippen LogP contribution is 2.41. The molecule has 0 saturated carbocycles. The molecule has 0 aliphatic rings. The van der Waals surface area contributed by atoms with Crippen LogP contribution in [-0.2, 0) is 9.84 Å². The van der Waals surface area contributed by atoms with Crippen LogP contribution in [0.5, 0.6) is 0 Å². The van der Waals surface area contributed by atoms with Gasteiger partial charge in [-0.1, -0.05) is 29.5 Å². The molecule has 1 amide bonds. The average molecular weight is 471 g/mol. The molecule has 0 aliphatic heterocycles. The minimum Gasteiger partial charge on any atom is -0.298 e. The van der Waals surface area contributed by atoms with Crippen molar-refractivity contribution in [2.45, 2.75) is 4.90 Å². The van der Waals surface area contributed by atoms with Gasteiger partial charge < -0.3 is 0 Å². The molecule has 9 heteroatoms. The highest BCUT2D eigenvalue weighted by atomic mass is 32.2. The zero-order chi connectivity index (χ0) is 22.9. The molecule has 32 heavy (non-hydrogen) atoms. The Morgan fingerprint density at radius 1 is 0.906 bits per heavy atom. The van der Waals surface area contributed by atoms with E-state index in [4.69, 9.17) is 0 Å². The van der Waals surface area contributed by atoms with Gasteiger partial charge in [0.05, 0.1) is 15.5 Å². The third kappa shape index (κ3) is 4.58. The molecule has 1 heterocycles. The molecule has 0 spiro atoms. The van der Waals surface area contributed by atoms with Gasteiger partial charge in [-0.15, -0.1) is 0 Å². The third-order valence-electron chi connectivity index (χ3n) is 4.60. The summed E-state index contributed by atoms with van der Waals surface area (Å²) in [4.78, 5) is 17.7. The van der Waals surface area contributed by atoms with Crippen molar-refractivity contribution in [3.05, 3.63) is 90.0 Å². The maximum atomic E-state index is 13.5. The number of thiazole rings is 1. The van der Waals surface area contributed by atoms with E-state index in [0.717, 1.165) is 17.6 Å². The molecular weight excluding hydrogens is 454 g/mol. The van der Waals surface area contributed by atoms with E-state index in [-0.39, 0.29) is 15.6 Å². The first-order chi connectivity index (χ1) is 15.2. The fourth-order valence-electron chi connectivity index (χ4n) is 3.11. The van der Waals surface area contributed by atoms with Crippen LogP contribution in [0.3, 0.4) is 0 Å². The fraction of sp³-hybridized carbons (Fsp3) is 0.0435. The third-order valence-corrected chi connectivity index (χ3v) is 6.76. The molecule has 0 radical (unpaired) electrons. The maximum absolute atomic E-state index is 13.5. The Bertz CT molecular complexity index is 1400. The summed E-state index contributed by atoms with van der Waals surface area (Å²) in [7, 11) is -3.55. The van der Waals surface area contributed by atoms with Crippen molar-refractivity contribution in [3.8, 4) is 21.7 Å². The molecule has 1 N–H and O–H groups in total. The van der Waals surface area contributed by atoms with Gasteiger partial charge in [0.2, 0.25) is 0 Å². The van der Waals surface area contributed by atoms with Crippen LogP contribution in [0.1, 0.15) is 10.4 Å². The molecule has 5 nitrogen and oxygen atoms in total. The number of nitrogens with one attached hydrogen (secondary N) is 1. The lowest BCUT2D eigenvalue weighted by Crippen LogP contribution is -2.11. The standard InChI is InChI=1S/C23H16F2N2O3S2/c1-32(29,30)19-5-3-2-4-18(19)21-20(14-6-10-16(24)11-7-14)26-23(31-21)27-22(28)15-8-12-17(25)13-9-15/h2-13H,1H3,(H,26,27,28). The zero-order valence-electron chi connectivity index (χ0n) is 16.7. The number of rotatable bonds is 5. The smallest absolute Gasteiger partial charge is 0.257 e. The second-order valence-electron chi connectivity index (χ2n) is 6.93. The Balaban J connectivity index is 1.82. The quantitative estimate of drug-likeness (QED) is 0.423. The van der Waals surface area contributed by atoms with Crippen molar-refractivity contribution in [1.82, 2.24) is 4.98 Å². The summed E-state index contributed by atoms with van der Waals surface area (Å²) >= 11 is 1.09. The van der Waals surface area contributed by atoms with Crippen molar-refractivity contribution < 1.29 is 22.0 Å². The van der Waals surface area contributed by atoms with E-state index in [1.54, 1.807) is 18.2 Å². The molecular formula is C23H16F2N2O3S2. The number of hydrogen-bond acceptors (Lipinski definition) is 5. The molecule has 0 atom stereocenters. The topological polar surface area (TPSA) is 76.1 Å². The molecule has 3 aromatic carbocycles. The van der Waals surface area contributed by atoms with Crippen LogP contribution in [0.4, 0.5) is 13.9 Å². The summed E-state index contributed by atoms with van der Waals surface area (Å²) in [5.41, 5.74) is 1.63. The predicted octanol–water partition coefficient (Wildman–Crippen LogP) is 5.41. The number of carbonyl (C=O) groups excluding carboxylic acids is 1. The maximum Gasteiger partial charge on any atom is 0.257 e. The van der Waals surface area contributed by atoms with E-state index in [1.165, 1.54) is 54.6 Å². The number of sulfone groups is 1. The summed E-state index contributed by atoms with van der Waals surface area (Å²) < 4.78 is 51.3. The summed E-state index contributed by atoms with van der Waals surface area (Å²) in [5, 5.41) is 2.89. The predicted molar refractivity (Wildman–Crippen MR) is 120 cm³/mol. The van der Waals surface area contributed by atoms with E-state index in [1.807, 2.05) is 0 Å². The Hall–Kier alpha value is -3.43. The van der Waals surface area contributed by atoms with Gasteiger partial charge in [-0.05, 0) is 54.6 Å². The second-order valence-corrected chi connectivity index (χ2v) is 9.92. The van der Waals surface area contributed by atoms with Crippen LogP contribution in [0.15, 0.2) is 77.7 Å². The molecule has 0 bridgehead atoms. The number of anilines is 1. The lowest BCUT2D eigenvalue weighted by atomic mass is 10.1. The summed E-state index contributed by atoms with van der Waals surface area (Å²) in [6, 6.07) is 17.1. The van der Waals surface area contributed by atoms with Crippen molar-refractivity contribution in [1.29, 1.82) is 0 Å². The molecule has 0 fully saturated rings. The number of amides is 1. The highest BCUT2D eigenvalue weighted by Gasteiger charge is 2.22. The first-order valence-corrected chi connectivity index (χ1v) is 12.1. The van der Waals surface area contributed by atoms with E-state index in [2.05, 4.69) is 10.3 Å². The Kier molecular flexibility index (Phi) is 5.86. The van der Waals surface area contributed by atoms with Crippen LogP contribution in [-0.4, -0.2) is 25.6 Å². The Labute approximate surface area is 187 Å². The number of hydrogen-bond donors (Lipinski definition) is 1. The summed E-state index contributed by atoms with van der Waals surface area (Å²) in [6.45, 7) is 0. The van der Waals surface area contributed by atoms with Crippen LogP contribution < -0.4 is 5.32 Å². The zero-order valence-corrected chi connectivity index (χ0v) is 18.3. The number of halogens is 2. The average Bonchev–Trinajstić information content (AvgIpc) is 3.17. The van der Waals surface area contributed by atoms with Gasteiger partial charge in [-0.2, -0.15) is 0 Å². The lowest BCUT2D eigenvalue weighted by molar-refractivity contribution is 0.102.